The summed E-state index contributed by atoms with van der Waals surface area (Å²) in [6.45, 7) is 2.13. The fourth-order valence-corrected chi connectivity index (χ4v) is 5.32. The standard InChI is InChI=1S/C26H28FN3O/c27-22-11-2-1-7-20(22)18-30-24-14-16-29(23(24)12-3-4-13-25(30)31)17-21-9-5-8-19-10-6-15-28-26(19)21/h1-2,5-11,15,23-24H,3-4,12-14,16-18H2/t23-,24+/m1/s1. The Balaban J connectivity index is 1.41. The highest BCUT2D eigenvalue weighted by molar-refractivity contribution is 5.81. The van der Waals surface area contributed by atoms with Gasteiger partial charge in [0.25, 0.3) is 0 Å². The molecule has 0 N–H and O–H groups in total. The van der Waals surface area contributed by atoms with E-state index in [0.717, 1.165) is 49.7 Å². The number of halogens is 1. The number of fused-ring (bicyclic) bond motifs is 2. The largest absolute Gasteiger partial charge is 0.334 e. The smallest absolute Gasteiger partial charge is 0.223 e. The molecule has 2 aromatic carbocycles. The quantitative estimate of drug-likeness (QED) is 0.605. The van der Waals surface area contributed by atoms with Crippen LogP contribution < -0.4 is 0 Å². The summed E-state index contributed by atoms with van der Waals surface area (Å²) < 4.78 is 14.4. The van der Waals surface area contributed by atoms with Crippen LogP contribution in [0.4, 0.5) is 4.39 Å². The number of para-hydroxylation sites is 1. The third-order valence-corrected chi connectivity index (χ3v) is 6.87. The molecule has 2 atom stereocenters. The van der Waals surface area contributed by atoms with Gasteiger partial charge in [0.05, 0.1) is 5.52 Å². The molecule has 0 spiro atoms. The van der Waals surface area contributed by atoms with E-state index in [2.05, 4.69) is 34.1 Å². The molecule has 0 bridgehead atoms. The first-order valence-electron chi connectivity index (χ1n) is 11.3. The van der Waals surface area contributed by atoms with Crippen LogP contribution in [0.1, 0.15) is 43.2 Å². The van der Waals surface area contributed by atoms with Crippen LogP contribution in [0.25, 0.3) is 10.9 Å². The lowest BCUT2D eigenvalue weighted by Gasteiger charge is -2.37. The third kappa shape index (κ3) is 4.07. The van der Waals surface area contributed by atoms with Crippen LogP contribution in [0.2, 0.25) is 0 Å². The van der Waals surface area contributed by atoms with Crippen LogP contribution in [0.5, 0.6) is 0 Å². The van der Waals surface area contributed by atoms with Gasteiger partial charge in [0.15, 0.2) is 0 Å². The lowest BCUT2D eigenvalue weighted by atomic mass is 9.96. The van der Waals surface area contributed by atoms with Gasteiger partial charge in [0, 0.05) is 55.3 Å². The molecule has 0 unspecified atom stereocenters. The van der Waals surface area contributed by atoms with Gasteiger partial charge in [-0.05, 0) is 37.0 Å². The van der Waals surface area contributed by atoms with Gasteiger partial charge in [0.1, 0.15) is 5.82 Å². The molecule has 3 aromatic rings. The normalized spacial score (nSPS) is 22.4. The van der Waals surface area contributed by atoms with Crippen molar-refractivity contribution in [2.75, 3.05) is 6.54 Å². The molecule has 4 nitrogen and oxygen atoms in total. The van der Waals surface area contributed by atoms with Crippen molar-refractivity contribution in [2.24, 2.45) is 0 Å². The van der Waals surface area contributed by atoms with Crippen molar-refractivity contribution in [2.45, 2.75) is 57.3 Å². The highest BCUT2D eigenvalue weighted by atomic mass is 19.1. The molecule has 5 heteroatoms. The maximum atomic E-state index is 14.4. The van der Waals surface area contributed by atoms with E-state index in [1.54, 1.807) is 12.1 Å². The molecule has 2 fully saturated rings. The Morgan fingerprint density at radius 2 is 1.74 bits per heavy atom. The number of hydrogen-bond donors (Lipinski definition) is 0. The molecule has 2 aliphatic rings. The van der Waals surface area contributed by atoms with Crippen LogP contribution >= 0.6 is 0 Å². The number of hydrogen-bond acceptors (Lipinski definition) is 3. The maximum absolute atomic E-state index is 14.4. The molecule has 31 heavy (non-hydrogen) atoms. The molecule has 1 aromatic heterocycles. The predicted octanol–water partition coefficient (Wildman–Crippen LogP) is 4.92. The predicted molar refractivity (Wildman–Crippen MR) is 120 cm³/mol. The Labute approximate surface area is 182 Å². The summed E-state index contributed by atoms with van der Waals surface area (Å²) in [5.41, 5.74) is 2.89. The summed E-state index contributed by atoms with van der Waals surface area (Å²) in [6, 6.07) is 17.7. The second kappa shape index (κ2) is 8.75. The lowest BCUT2D eigenvalue weighted by molar-refractivity contribution is -0.135. The van der Waals surface area contributed by atoms with Crippen molar-refractivity contribution < 1.29 is 9.18 Å². The number of likely N-dealkylation sites (tertiary alicyclic amines) is 2. The van der Waals surface area contributed by atoms with E-state index in [1.807, 2.05) is 23.2 Å². The Morgan fingerprint density at radius 1 is 0.903 bits per heavy atom. The van der Waals surface area contributed by atoms with Crippen molar-refractivity contribution in [3.8, 4) is 0 Å². The summed E-state index contributed by atoms with van der Waals surface area (Å²) in [4.78, 5) is 22.1. The van der Waals surface area contributed by atoms with E-state index >= 15 is 0 Å². The average Bonchev–Trinajstić information content (AvgIpc) is 3.16. The van der Waals surface area contributed by atoms with Crippen LogP contribution in [-0.2, 0) is 17.9 Å². The van der Waals surface area contributed by atoms with E-state index in [9.17, 15) is 9.18 Å². The van der Waals surface area contributed by atoms with Gasteiger partial charge in [0.2, 0.25) is 5.91 Å². The van der Waals surface area contributed by atoms with Crippen molar-refractivity contribution >= 4 is 16.8 Å². The zero-order valence-electron chi connectivity index (χ0n) is 17.7. The van der Waals surface area contributed by atoms with Gasteiger partial charge in [-0.3, -0.25) is 14.7 Å². The van der Waals surface area contributed by atoms with Crippen molar-refractivity contribution in [3.63, 3.8) is 0 Å². The number of amides is 1. The second-order valence-electron chi connectivity index (χ2n) is 8.74. The number of nitrogens with zero attached hydrogens (tertiary/aromatic N) is 3. The van der Waals surface area contributed by atoms with E-state index in [-0.39, 0.29) is 17.8 Å². The van der Waals surface area contributed by atoms with Gasteiger partial charge in [-0.2, -0.15) is 0 Å². The fraction of sp³-hybridized carbons (Fsp3) is 0.385. The van der Waals surface area contributed by atoms with Crippen molar-refractivity contribution in [3.05, 3.63) is 77.7 Å². The molecular weight excluding hydrogens is 389 g/mol. The minimum Gasteiger partial charge on any atom is -0.334 e. The van der Waals surface area contributed by atoms with Gasteiger partial charge < -0.3 is 4.90 Å². The van der Waals surface area contributed by atoms with E-state index < -0.39 is 0 Å². The van der Waals surface area contributed by atoms with Gasteiger partial charge in [-0.1, -0.05) is 48.9 Å². The van der Waals surface area contributed by atoms with Crippen LogP contribution in [0.15, 0.2) is 60.8 Å². The summed E-state index contributed by atoms with van der Waals surface area (Å²) in [6.07, 6.45) is 6.38. The SMILES string of the molecule is O=C1CCCC[C@@H]2[C@H](CCN2Cc2cccc3cccnc23)N1Cc1ccccc1F. The fourth-order valence-electron chi connectivity index (χ4n) is 5.32. The van der Waals surface area contributed by atoms with Gasteiger partial charge in [-0.15, -0.1) is 0 Å². The molecule has 5 rings (SSSR count). The number of pyridine rings is 1. The Kier molecular flexibility index (Phi) is 5.68. The highest BCUT2D eigenvalue weighted by Crippen LogP contribution is 2.33. The first-order valence-corrected chi connectivity index (χ1v) is 11.3. The molecule has 0 radical (unpaired) electrons. The van der Waals surface area contributed by atoms with Gasteiger partial charge >= 0.3 is 0 Å². The molecule has 3 heterocycles. The van der Waals surface area contributed by atoms with E-state index in [0.29, 0.717) is 24.6 Å². The second-order valence-corrected chi connectivity index (χ2v) is 8.74. The topological polar surface area (TPSA) is 36.4 Å². The first-order chi connectivity index (χ1) is 15.2. The molecule has 1 amide bonds. The molecule has 160 valence electrons. The summed E-state index contributed by atoms with van der Waals surface area (Å²) in [5.74, 6) is -0.0720. The van der Waals surface area contributed by atoms with Gasteiger partial charge in [-0.25, -0.2) is 4.39 Å². The summed E-state index contributed by atoms with van der Waals surface area (Å²) in [5, 5.41) is 1.16. The Bertz CT molecular complexity index is 1080. The zero-order valence-corrected chi connectivity index (χ0v) is 17.7. The number of carbonyl (C=O) groups is 1. The number of carbonyl (C=O) groups excluding carboxylic acids is 1. The Hall–Kier alpha value is -2.79. The maximum Gasteiger partial charge on any atom is 0.223 e. The number of rotatable bonds is 4. The minimum atomic E-state index is -0.231. The first kappa shape index (κ1) is 20.1. The third-order valence-electron chi connectivity index (χ3n) is 6.87. The van der Waals surface area contributed by atoms with Crippen molar-refractivity contribution in [1.29, 1.82) is 0 Å². The monoisotopic (exact) mass is 417 g/mol. The number of aromatic nitrogens is 1. The lowest BCUT2D eigenvalue weighted by Crippen LogP contribution is -2.48. The van der Waals surface area contributed by atoms with E-state index in [4.69, 9.17) is 0 Å². The van der Waals surface area contributed by atoms with Crippen LogP contribution in [-0.4, -0.2) is 39.3 Å². The minimum absolute atomic E-state index is 0.135. The van der Waals surface area contributed by atoms with Crippen LogP contribution in [0.3, 0.4) is 0 Å². The molecular formula is C26H28FN3O. The molecule has 0 aliphatic carbocycles. The average molecular weight is 418 g/mol. The van der Waals surface area contributed by atoms with Crippen molar-refractivity contribution in [1.82, 2.24) is 14.8 Å². The zero-order chi connectivity index (χ0) is 21.2. The molecule has 2 aliphatic heterocycles. The van der Waals surface area contributed by atoms with E-state index in [1.165, 1.54) is 11.6 Å². The number of benzene rings is 2. The molecule has 0 saturated carbocycles. The Morgan fingerprint density at radius 3 is 2.65 bits per heavy atom. The summed E-state index contributed by atoms with van der Waals surface area (Å²) in [7, 11) is 0. The molecule has 2 saturated heterocycles. The summed E-state index contributed by atoms with van der Waals surface area (Å²) >= 11 is 0. The highest BCUT2D eigenvalue weighted by Gasteiger charge is 2.40. The van der Waals surface area contributed by atoms with Crippen LogP contribution in [0, 0.1) is 5.82 Å².